The van der Waals surface area contributed by atoms with Gasteiger partial charge < -0.3 is 31.8 Å². The second-order valence-corrected chi connectivity index (χ2v) is 6.58. The number of hydrogen-bond donors (Lipinski definition) is 0. The van der Waals surface area contributed by atoms with E-state index in [1.807, 2.05) is 0 Å². The molecule has 6 nitrogen and oxygen atoms in total. The average molecular weight is 441 g/mol. The van der Waals surface area contributed by atoms with Gasteiger partial charge in [0.15, 0.2) is 0 Å². The number of carboxylic acid groups (broad SMARTS) is 1. The molecule has 0 spiro atoms. The molecule has 0 aromatic carbocycles. The third-order valence-electron chi connectivity index (χ3n) is 3.62. The van der Waals surface area contributed by atoms with Crippen molar-refractivity contribution in [2.24, 2.45) is 0 Å². The number of carboxylic acids is 1. The second-order valence-electron chi connectivity index (χ2n) is 6.09. The van der Waals surface area contributed by atoms with E-state index in [2.05, 4.69) is 34.5 Å². The van der Waals surface area contributed by atoms with Crippen LogP contribution in [0.1, 0.15) is 104 Å². The van der Waals surface area contributed by atoms with Crippen LogP contribution < -0.4 is 5.11 Å². The number of carbonyl (C=O) groups is 1. The van der Waals surface area contributed by atoms with Crippen LogP contribution in [0.5, 0.6) is 0 Å². The van der Waals surface area contributed by atoms with Crippen molar-refractivity contribution in [3.8, 4) is 0 Å². The van der Waals surface area contributed by atoms with Gasteiger partial charge in [-0.05, 0) is 6.92 Å². The number of hydrogen-bond acceptors (Lipinski definition) is 2. The minimum Gasteiger partial charge on any atom is -0.412 e. The van der Waals surface area contributed by atoms with Crippen LogP contribution in [0.3, 0.4) is 0 Å². The summed E-state index contributed by atoms with van der Waals surface area (Å²) in [5.41, 5.74) is 0. The second kappa shape index (κ2) is 40.3. The fourth-order valence-electron chi connectivity index (χ4n) is 2.33. The van der Waals surface area contributed by atoms with E-state index >= 15 is 0 Å². The van der Waals surface area contributed by atoms with Gasteiger partial charge in [-0.25, -0.2) is 0 Å². The van der Waals surface area contributed by atoms with Gasteiger partial charge in [-0.15, -0.1) is 0 Å². The van der Waals surface area contributed by atoms with Crippen LogP contribution in [0, 0.1) is 0 Å². The van der Waals surface area contributed by atoms with E-state index in [4.69, 9.17) is 9.90 Å². The summed E-state index contributed by atoms with van der Waals surface area (Å²) < 4.78 is 0. The van der Waals surface area contributed by atoms with E-state index in [0.717, 1.165) is 12.3 Å². The molecule has 0 radical (unpaired) electrons. The summed E-state index contributed by atoms with van der Waals surface area (Å²) in [6.07, 6.45) is 24.1. The van der Waals surface area contributed by atoms with Crippen molar-refractivity contribution >= 4 is 5.97 Å². The van der Waals surface area contributed by atoms with Crippen LogP contribution >= 0.6 is 0 Å². The van der Waals surface area contributed by atoms with Crippen molar-refractivity contribution in [1.29, 1.82) is 0 Å². The first-order valence-corrected chi connectivity index (χ1v) is 10.2. The molecule has 0 saturated carbocycles. The molecule has 0 heterocycles. The Labute approximate surface area is 174 Å². The van der Waals surface area contributed by atoms with E-state index in [1.54, 1.807) is 0 Å². The minimum absolute atomic E-state index is 0. The van der Waals surface area contributed by atoms with Crippen molar-refractivity contribution in [2.75, 3.05) is 0 Å². The summed E-state index contributed by atoms with van der Waals surface area (Å²) in [4.78, 5) is 8.89. The fourth-order valence-corrected chi connectivity index (χ4v) is 2.57. The first kappa shape index (κ1) is 41.0. The monoisotopic (exact) mass is 440 g/mol. The zero-order valence-corrected chi connectivity index (χ0v) is 18.4. The van der Waals surface area contributed by atoms with Crippen LogP contribution in [-0.4, -0.2) is 27.9 Å². The van der Waals surface area contributed by atoms with Crippen molar-refractivity contribution in [3.05, 3.63) is 12.2 Å². The van der Waals surface area contributed by atoms with Gasteiger partial charge in [-0.2, -0.15) is 0 Å². The molecule has 0 aromatic heterocycles. The smallest absolute Gasteiger partial charge is 0.412 e. The zero-order valence-electron chi connectivity index (χ0n) is 17.4. The van der Waals surface area contributed by atoms with Crippen molar-refractivity contribution in [3.63, 3.8) is 0 Å². The normalized spacial score (nSPS) is 9.04. The van der Waals surface area contributed by atoms with E-state index in [-0.39, 0.29) is 21.9 Å². The molecule has 0 atom stereocenters. The molecule has 7 heteroatoms. The Morgan fingerprint density at radius 2 is 1.00 bits per heavy atom. The Morgan fingerprint density at radius 1 is 0.704 bits per heavy atom. The number of aliphatic carboxylic acids is 1. The summed E-state index contributed by atoms with van der Waals surface area (Å²) in [5.74, 6) is -1.08. The predicted octanol–water partition coefficient (Wildman–Crippen LogP) is 2.45. The SMILES string of the molecule is CC(=O)[O-].CCCCCCCC/C=C\CCCCCCC[CH2][Ni+].O.O.O.O. The van der Waals surface area contributed by atoms with E-state index in [0.29, 0.717) is 0 Å². The molecule has 0 bridgehead atoms. The van der Waals surface area contributed by atoms with E-state index in [1.165, 1.54) is 89.9 Å². The Kier molecular flexibility index (Phi) is 61.2. The molecular formula is C20H46NiO6. The maximum Gasteiger partial charge on any atom is -0.412 e. The number of carbonyl (C=O) groups excluding carboxylic acids is 1. The van der Waals surface area contributed by atoms with Crippen LogP contribution in [0.15, 0.2) is 12.2 Å². The standard InChI is InChI=1S/C18H35.C2H4O2.Ni.4H2O/c1-3-5-7-9-11-13-15-17-18-16-14-12-10-8-6-4-2;1-2(3)4;;;;;/h17-18H,1,3-16H2,2H3;1H3,(H,3,4);;4*1H2/q;;+1;;;;/p-1/b18-17-;;;;;;. The van der Waals surface area contributed by atoms with Gasteiger partial charge in [0.05, 0.1) is 0 Å². The maximum atomic E-state index is 8.89. The summed E-state index contributed by atoms with van der Waals surface area (Å²) in [6.45, 7) is 3.25. The molecule has 27 heavy (non-hydrogen) atoms. The summed E-state index contributed by atoms with van der Waals surface area (Å²) in [7, 11) is 0. The summed E-state index contributed by atoms with van der Waals surface area (Å²) in [6, 6.07) is 0. The molecule has 0 aromatic rings. The van der Waals surface area contributed by atoms with Gasteiger partial charge in [0.1, 0.15) is 0 Å². The maximum absolute atomic E-state index is 8.89. The van der Waals surface area contributed by atoms with Gasteiger partial charge >= 0.3 is 90.8 Å². The van der Waals surface area contributed by atoms with Crippen molar-refractivity contribution < 1.29 is 47.3 Å². The first-order chi connectivity index (χ1) is 11.1. The Morgan fingerprint density at radius 3 is 1.33 bits per heavy atom. The largest absolute Gasteiger partial charge is 0.412 e. The number of allylic oxidation sites excluding steroid dienone is 2. The molecule has 0 saturated heterocycles. The first-order valence-electron chi connectivity index (χ1n) is 9.49. The molecular weight excluding hydrogens is 395 g/mol. The quantitative estimate of drug-likeness (QED) is 0.216. The van der Waals surface area contributed by atoms with Crippen LogP contribution in [-0.2, 0) is 20.3 Å². The average Bonchev–Trinajstić information content (AvgIpc) is 2.50. The van der Waals surface area contributed by atoms with Crippen LogP contribution in [0.25, 0.3) is 0 Å². The van der Waals surface area contributed by atoms with Gasteiger partial charge in [0, 0.05) is 5.97 Å². The predicted molar refractivity (Wildman–Crippen MR) is 109 cm³/mol. The molecule has 0 aliphatic carbocycles. The Hall–Kier alpha value is -0.456. The Balaban J connectivity index is -0.000000125. The van der Waals surface area contributed by atoms with Gasteiger partial charge in [-0.3, -0.25) is 0 Å². The molecule has 8 N–H and O–H groups in total. The molecule has 172 valence electrons. The van der Waals surface area contributed by atoms with Crippen molar-refractivity contribution in [2.45, 2.75) is 109 Å². The van der Waals surface area contributed by atoms with Gasteiger partial charge in [-0.1, -0.05) is 39.0 Å². The molecule has 0 rings (SSSR count). The van der Waals surface area contributed by atoms with E-state index in [9.17, 15) is 0 Å². The fraction of sp³-hybridized carbons (Fsp3) is 0.850. The molecule has 0 unspecified atom stereocenters. The molecule has 0 aliphatic rings. The van der Waals surface area contributed by atoms with Gasteiger partial charge in [0.2, 0.25) is 0 Å². The summed E-state index contributed by atoms with van der Waals surface area (Å²) in [5, 5.41) is 9.88. The number of rotatable bonds is 15. The van der Waals surface area contributed by atoms with Crippen molar-refractivity contribution in [1.82, 2.24) is 0 Å². The topological polar surface area (TPSA) is 166 Å². The molecule has 0 aliphatic heterocycles. The zero-order chi connectivity index (χ0) is 17.6. The minimum atomic E-state index is -1.08. The molecule has 0 fully saturated rings. The summed E-state index contributed by atoms with van der Waals surface area (Å²) >= 11 is 4.68. The van der Waals surface area contributed by atoms with E-state index < -0.39 is 5.97 Å². The third-order valence-corrected chi connectivity index (χ3v) is 3.97. The molecule has 0 amide bonds. The van der Waals surface area contributed by atoms with Crippen LogP contribution in [0.4, 0.5) is 0 Å². The Bertz CT molecular complexity index is 259. The third kappa shape index (κ3) is 58.6. The van der Waals surface area contributed by atoms with Gasteiger partial charge in [0.25, 0.3) is 0 Å². The number of unbranched alkanes of at least 4 members (excludes halogenated alkanes) is 12. The van der Waals surface area contributed by atoms with Crippen LogP contribution in [0.2, 0.25) is 5.39 Å².